The van der Waals surface area contributed by atoms with E-state index in [2.05, 4.69) is 4.89 Å². The van der Waals surface area contributed by atoms with Gasteiger partial charge < -0.3 is 5.11 Å². The van der Waals surface area contributed by atoms with E-state index in [9.17, 15) is 4.79 Å². The Kier molecular flexibility index (Phi) is 2.58. The van der Waals surface area contributed by atoms with Crippen molar-refractivity contribution >= 4 is 17.3 Å². The number of carbonyl (C=O) groups is 1. The molecule has 0 fully saturated rings. The average Bonchev–Trinajstić information content (AvgIpc) is 2.37. The first kappa shape index (κ1) is 8.19. The smallest absolute Gasteiger partial charge is 0.345 e. The van der Waals surface area contributed by atoms with E-state index in [0.29, 0.717) is 4.88 Å². The van der Waals surface area contributed by atoms with Gasteiger partial charge in [-0.05, 0) is 12.1 Å². The van der Waals surface area contributed by atoms with Gasteiger partial charge >= 0.3 is 5.97 Å². The van der Waals surface area contributed by atoms with Gasteiger partial charge in [-0.15, -0.1) is 11.3 Å². The zero-order chi connectivity index (χ0) is 8.27. The molecule has 0 saturated heterocycles. The Morgan fingerprint density at radius 1 is 1.64 bits per heavy atom. The fraction of sp³-hybridized carbons (Fsp3) is 0.167. The van der Waals surface area contributed by atoms with Gasteiger partial charge in [-0.25, -0.2) is 9.68 Å². The van der Waals surface area contributed by atoms with E-state index in [0.717, 1.165) is 11.3 Å². The van der Waals surface area contributed by atoms with Crippen molar-refractivity contribution in [3.63, 3.8) is 0 Å². The van der Waals surface area contributed by atoms with Crippen molar-refractivity contribution in [2.24, 2.45) is 0 Å². The maximum atomic E-state index is 10.3. The monoisotopic (exact) mass is 174 g/mol. The molecule has 0 aliphatic rings. The molecule has 4 nitrogen and oxygen atoms in total. The van der Waals surface area contributed by atoms with Crippen molar-refractivity contribution in [2.45, 2.75) is 6.61 Å². The van der Waals surface area contributed by atoms with Crippen molar-refractivity contribution in [3.05, 3.63) is 21.9 Å². The van der Waals surface area contributed by atoms with Crippen LogP contribution in [0.3, 0.4) is 0 Å². The minimum atomic E-state index is -0.959. The summed E-state index contributed by atoms with van der Waals surface area (Å²) in [5.41, 5.74) is 0. The SMILES string of the molecule is O=C(O)c1ccc(COO)s1. The van der Waals surface area contributed by atoms with Crippen LogP contribution < -0.4 is 0 Å². The molecule has 60 valence electrons. The van der Waals surface area contributed by atoms with Crippen LogP contribution in [0.4, 0.5) is 0 Å². The molecule has 5 heteroatoms. The topological polar surface area (TPSA) is 66.8 Å². The summed E-state index contributed by atoms with van der Waals surface area (Å²) in [4.78, 5) is 15.1. The highest BCUT2D eigenvalue weighted by Gasteiger charge is 2.05. The van der Waals surface area contributed by atoms with Crippen molar-refractivity contribution in [1.29, 1.82) is 0 Å². The fourth-order valence-electron chi connectivity index (χ4n) is 0.634. The normalized spacial score (nSPS) is 9.91. The lowest BCUT2D eigenvalue weighted by Crippen LogP contribution is -1.89. The standard InChI is InChI=1S/C6H6O4S/c7-6(8)5-2-1-4(11-5)3-10-9/h1-2,9H,3H2,(H,7,8). The molecule has 0 spiro atoms. The van der Waals surface area contributed by atoms with Crippen LogP contribution in [-0.4, -0.2) is 16.3 Å². The third kappa shape index (κ3) is 2.01. The zero-order valence-corrected chi connectivity index (χ0v) is 6.30. The third-order valence-electron chi connectivity index (χ3n) is 1.08. The lowest BCUT2D eigenvalue weighted by Gasteiger charge is -1.88. The summed E-state index contributed by atoms with van der Waals surface area (Å²) >= 11 is 1.08. The van der Waals surface area contributed by atoms with Gasteiger partial charge in [-0.2, -0.15) is 0 Å². The summed E-state index contributed by atoms with van der Waals surface area (Å²) in [7, 11) is 0. The minimum Gasteiger partial charge on any atom is -0.477 e. The summed E-state index contributed by atoms with van der Waals surface area (Å²) in [6, 6.07) is 3.08. The first-order valence-electron chi connectivity index (χ1n) is 2.82. The summed E-state index contributed by atoms with van der Waals surface area (Å²) in [6.07, 6.45) is 0. The van der Waals surface area contributed by atoms with Crippen molar-refractivity contribution in [1.82, 2.24) is 0 Å². The maximum Gasteiger partial charge on any atom is 0.345 e. The Bertz CT molecular complexity index is 255. The van der Waals surface area contributed by atoms with Gasteiger partial charge in [-0.3, -0.25) is 5.26 Å². The number of carboxylic acids is 1. The van der Waals surface area contributed by atoms with Crippen LogP contribution in [0.5, 0.6) is 0 Å². The van der Waals surface area contributed by atoms with Crippen LogP contribution in [0.25, 0.3) is 0 Å². The van der Waals surface area contributed by atoms with E-state index < -0.39 is 5.97 Å². The van der Waals surface area contributed by atoms with Gasteiger partial charge in [0.2, 0.25) is 0 Å². The molecule has 1 aromatic heterocycles. The molecule has 0 saturated carbocycles. The second kappa shape index (κ2) is 3.47. The molecule has 11 heavy (non-hydrogen) atoms. The van der Waals surface area contributed by atoms with Crippen molar-refractivity contribution in [2.75, 3.05) is 0 Å². The lowest BCUT2D eigenvalue weighted by atomic mass is 10.4. The zero-order valence-electron chi connectivity index (χ0n) is 5.48. The van der Waals surface area contributed by atoms with E-state index in [-0.39, 0.29) is 11.5 Å². The molecule has 0 unspecified atom stereocenters. The van der Waals surface area contributed by atoms with Crippen LogP contribution in [-0.2, 0) is 11.5 Å². The molecule has 0 amide bonds. The number of thiophene rings is 1. The molecule has 0 aliphatic heterocycles. The second-order valence-corrected chi connectivity index (χ2v) is 3.01. The highest BCUT2D eigenvalue weighted by molar-refractivity contribution is 7.13. The predicted octanol–water partition coefficient (Wildman–Crippen LogP) is 1.44. The molecule has 1 aromatic rings. The molecule has 1 rings (SSSR count). The van der Waals surface area contributed by atoms with Crippen LogP contribution in [0.1, 0.15) is 14.5 Å². The highest BCUT2D eigenvalue weighted by atomic mass is 32.1. The van der Waals surface area contributed by atoms with Crippen LogP contribution in [0, 0.1) is 0 Å². The van der Waals surface area contributed by atoms with Gasteiger partial charge in [0.05, 0.1) is 0 Å². The molecule has 0 radical (unpaired) electrons. The Balaban J connectivity index is 2.73. The van der Waals surface area contributed by atoms with Crippen molar-refractivity contribution in [3.8, 4) is 0 Å². The number of hydrogen-bond acceptors (Lipinski definition) is 4. The van der Waals surface area contributed by atoms with Crippen LogP contribution >= 0.6 is 11.3 Å². The molecule has 0 aliphatic carbocycles. The van der Waals surface area contributed by atoms with Crippen LogP contribution in [0.15, 0.2) is 12.1 Å². The largest absolute Gasteiger partial charge is 0.477 e. The fourth-order valence-corrected chi connectivity index (χ4v) is 1.39. The van der Waals surface area contributed by atoms with Gasteiger partial charge in [-0.1, -0.05) is 0 Å². The second-order valence-electron chi connectivity index (χ2n) is 1.84. The van der Waals surface area contributed by atoms with E-state index in [1.54, 1.807) is 6.07 Å². The molecule has 0 bridgehead atoms. The Morgan fingerprint density at radius 3 is 2.82 bits per heavy atom. The summed E-state index contributed by atoms with van der Waals surface area (Å²) in [5.74, 6) is -0.959. The summed E-state index contributed by atoms with van der Waals surface area (Å²) in [6.45, 7) is 0.0396. The Labute approximate surface area is 66.6 Å². The van der Waals surface area contributed by atoms with E-state index >= 15 is 0 Å². The first-order chi connectivity index (χ1) is 5.24. The molecular weight excluding hydrogens is 168 g/mol. The predicted molar refractivity (Wildman–Crippen MR) is 38.7 cm³/mol. The van der Waals surface area contributed by atoms with E-state index in [4.69, 9.17) is 10.4 Å². The van der Waals surface area contributed by atoms with E-state index in [1.807, 2.05) is 0 Å². The molecule has 2 N–H and O–H groups in total. The van der Waals surface area contributed by atoms with E-state index in [1.165, 1.54) is 6.07 Å². The number of aromatic carboxylic acids is 1. The highest BCUT2D eigenvalue weighted by Crippen LogP contribution is 2.16. The quantitative estimate of drug-likeness (QED) is 0.537. The van der Waals surface area contributed by atoms with Gasteiger partial charge in [0.25, 0.3) is 0 Å². The summed E-state index contributed by atoms with van der Waals surface area (Å²) in [5, 5.41) is 16.5. The number of hydrogen-bond donors (Lipinski definition) is 2. The first-order valence-corrected chi connectivity index (χ1v) is 3.64. The Morgan fingerprint density at radius 2 is 2.36 bits per heavy atom. The third-order valence-corrected chi connectivity index (χ3v) is 2.13. The van der Waals surface area contributed by atoms with Crippen molar-refractivity contribution < 1.29 is 20.0 Å². The number of carboxylic acid groups (broad SMARTS) is 1. The summed E-state index contributed by atoms with van der Waals surface area (Å²) < 4.78 is 0. The molecule has 0 atom stereocenters. The van der Waals surface area contributed by atoms with Crippen LogP contribution in [0.2, 0.25) is 0 Å². The molecule has 1 heterocycles. The molecular formula is C6H6O4S. The molecule has 0 aromatic carbocycles. The average molecular weight is 174 g/mol. The van der Waals surface area contributed by atoms with Gasteiger partial charge in [0, 0.05) is 4.88 Å². The number of rotatable bonds is 3. The Hall–Kier alpha value is -0.910. The van der Waals surface area contributed by atoms with Gasteiger partial charge in [0.1, 0.15) is 11.5 Å². The minimum absolute atomic E-state index is 0.0396. The van der Waals surface area contributed by atoms with Gasteiger partial charge in [0.15, 0.2) is 0 Å². The lowest BCUT2D eigenvalue weighted by molar-refractivity contribution is -0.252. The maximum absolute atomic E-state index is 10.3.